The first kappa shape index (κ1) is 22.0. The van der Waals surface area contributed by atoms with Crippen LogP contribution in [-0.2, 0) is 20.2 Å². The Bertz CT molecular complexity index is 287. The van der Waals surface area contributed by atoms with E-state index in [4.69, 9.17) is 0 Å². The third-order valence-corrected chi connectivity index (χ3v) is 3.14. The molecule has 15 heavy (non-hydrogen) atoms. The average Bonchev–Trinajstić information content (AvgIpc) is 1.81. The molecule has 0 amide bonds. The van der Waals surface area contributed by atoms with Crippen molar-refractivity contribution in [2.24, 2.45) is 0 Å². The maximum Gasteiger partial charge on any atom is 2.00 e. The van der Waals surface area contributed by atoms with Crippen molar-refractivity contribution < 1.29 is 25.9 Å². The standard InChI is InChI=1S/2C2H6O3S2.Ca/c2*3-7(4,5)2-1-6;/h2*6H,1-2H2,(H,3,4,5);/q;;+2/p-2. The van der Waals surface area contributed by atoms with Crippen LogP contribution in [0, 0.1) is 0 Å². The Morgan fingerprint density at radius 1 is 0.800 bits per heavy atom. The molecular formula is C4H10CaO6S4. The van der Waals surface area contributed by atoms with E-state index >= 15 is 0 Å². The SMILES string of the molecule is O=S(=O)([O-])CCS.O=S(=O)([O-])CCS.[Ca+2]. The van der Waals surface area contributed by atoms with E-state index in [0.717, 1.165) is 0 Å². The Balaban J connectivity index is -0.000000180. The van der Waals surface area contributed by atoms with Crippen LogP contribution in [0.25, 0.3) is 0 Å². The van der Waals surface area contributed by atoms with E-state index in [0.29, 0.717) is 0 Å². The quantitative estimate of drug-likeness (QED) is 0.371. The van der Waals surface area contributed by atoms with Crippen molar-refractivity contribution in [1.29, 1.82) is 0 Å². The van der Waals surface area contributed by atoms with Crippen LogP contribution in [0.2, 0.25) is 0 Å². The normalized spacial score (nSPS) is 10.9. The topological polar surface area (TPSA) is 114 Å². The van der Waals surface area contributed by atoms with Crippen LogP contribution in [0.1, 0.15) is 0 Å². The molecular weight excluding hydrogens is 312 g/mol. The van der Waals surface area contributed by atoms with Crippen LogP contribution >= 0.6 is 25.3 Å². The molecule has 0 aromatic rings. The fourth-order valence-electron chi connectivity index (χ4n) is 0.224. The van der Waals surface area contributed by atoms with E-state index in [1.807, 2.05) is 0 Å². The molecule has 0 spiro atoms. The van der Waals surface area contributed by atoms with Gasteiger partial charge in [0.1, 0.15) is 0 Å². The van der Waals surface area contributed by atoms with Crippen molar-refractivity contribution in [1.82, 2.24) is 0 Å². The minimum atomic E-state index is -4.00. The van der Waals surface area contributed by atoms with Crippen LogP contribution in [-0.4, -0.2) is 86.7 Å². The molecule has 0 aromatic carbocycles. The molecule has 0 rings (SSSR count). The van der Waals surface area contributed by atoms with Gasteiger partial charge in [0.15, 0.2) is 0 Å². The van der Waals surface area contributed by atoms with Gasteiger partial charge < -0.3 is 9.11 Å². The molecule has 11 heteroatoms. The Labute approximate surface area is 131 Å². The zero-order chi connectivity index (χ0) is 11.8. The van der Waals surface area contributed by atoms with Crippen molar-refractivity contribution in [3.8, 4) is 0 Å². The van der Waals surface area contributed by atoms with Gasteiger partial charge in [-0.2, -0.15) is 25.3 Å². The van der Waals surface area contributed by atoms with Crippen molar-refractivity contribution in [3.05, 3.63) is 0 Å². The van der Waals surface area contributed by atoms with Gasteiger partial charge in [-0.05, 0) is 0 Å². The number of rotatable bonds is 4. The minimum Gasteiger partial charge on any atom is -0.748 e. The van der Waals surface area contributed by atoms with Gasteiger partial charge in [0.05, 0.1) is 20.2 Å². The van der Waals surface area contributed by atoms with E-state index in [9.17, 15) is 25.9 Å². The predicted molar refractivity (Wildman–Crippen MR) is 62.6 cm³/mol. The first-order valence-corrected chi connectivity index (χ1v) is 7.63. The van der Waals surface area contributed by atoms with Crippen LogP contribution < -0.4 is 0 Å². The minimum absolute atomic E-state index is 0. The Morgan fingerprint density at radius 3 is 1.00 bits per heavy atom. The second kappa shape index (κ2) is 10.9. The van der Waals surface area contributed by atoms with Crippen molar-refractivity contribution in [3.63, 3.8) is 0 Å². The second-order valence-electron chi connectivity index (χ2n) is 1.97. The number of hydrogen-bond acceptors (Lipinski definition) is 8. The zero-order valence-electron chi connectivity index (χ0n) is 7.70. The van der Waals surface area contributed by atoms with Crippen molar-refractivity contribution in [2.45, 2.75) is 0 Å². The third-order valence-electron chi connectivity index (χ3n) is 0.683. The predicted octanol–water partition coefficient (Wildman–Crippen LogP) is -1.46. The molecule has 6 nitrogen and oxygen atoms in total. The summed E-state index contributed by atoms with van der Waals surface area (Å²) in [6.45, 7) is 0. The van der Waals surface area contributed by atoms with Crippen LogP contribution in [0.4, 0.5) is 0 Å². The Hall–Kier alpha value is 1.78. The van der Waals surface area contributed by atoms with E-state index in [1.54, 1.807) is 0 Å². The molecule has 0 unspecified atom stereocenters. The molecule has 0 radical (unpaired) electrons. The van der Waals surface area contributed by atoms with Crippen LogP contribution in [0.3, 0.4) is 0 Å². The summed E-state index contributed by atoms with van der Waals surface area (Å²) in [5, 5.41) is 0. The first-order chi connectivity index (χ1) is 6.12. The molecule has 0 aliphatic heterocycles. The smallest absolute Gasteiger partial charge is 0.748 e. The molecule has 0 N–H and O–H groups in total. The molecule has 0 bridgehead atoms. The molecule has 0 aliphatic carbocycles. The maximum atomic E-state index is 9.63. The zero-order valence-corrected chi connectivity index (χ0v) is 13.3. The van der Waals surface area contributed by atoms with E-state index in [-0.39, 0.29) is 60.7 Å². The van der Waals surface area contributed by atoms with Gasteiger partial charge in [-0.25, -0.2) is 16.8 Å². The molecule has 0 heterocycles. The molecule has 88 valence electrons. The van der Waals surface area contributed by atoms with Gasteiger partial charge in [-0.15, -0.1) is 0 Å². The Kier molecular flexibility index (Phi) is 16.0. The fraction of sp³-hybridized carbons (Fsp3) is 1.00. The van der Waals surface area contributed by atoms with Crippen molar-refractivity contribution >= 4 is 83.2 Å². The average molecular weight is 322 g/mol. The largest absolute Gasteiger partial charge is 2.00 e. The summed E-state index contributed by atoms with van der Waals surface area (Å²) in [6.07, 6.45) is 0. The summed E-state index contributed by atoms with van der Waals surface area (Å²) in [5.41, 5.74) is 0. The first-order valence-electron chi connectivity index (χ1n) is 3.21. The van der Waals surface area contributed by atoms with Crippen LogP contribution in [0.5, 0.6) is 0 Å². The number of thiol groups is 2. The molecule has 0 saturated heterocycles. The second-order valence-corrected chi connectivity index (χ2v) is 5.91. The molecule has 0 atom stereocenters. The molecule has 0 aromatic heterocycles. The summed E-state index contributed by atoms with van der Waals surface area (Å²) < 4.78 is 57.8. The maximum absolute atomic E-state index is 9.63. The van der Waals surface area contributed by atoms with E-state index < -0.39 is 20.2 Å². The summed E-state index contributed by atoms with van der Waals surface area (Å²) >= 11 is 7.07. The molecule has 0 fully saturated rings. The van der Waals surface area contributed by atoms with Gasteiger partial charge in [0.25, 0.3) is 0 Å². The van der Waals surface area contributed by atoms with Gasteiger partial charge in [0, 0.05) is 23.0 Å². The van der Waals surface area contributed by atoms with Gasteiger partial charge in [0.2, 0.25) is 0 Å². The summed E-state index contributed by atoms with van der Waals surface area (Å²) in [4.78, 5) is 0. The van der Waals surface area contributed by atoms with Crippen LogP contribution in [0.15, 0.2) is 0 Å². The third kappa shape index (κ3) is 31.3. The number of hydrogen-bond donors (Lipinski definition) is 2. The van der Waals surface area contributed by atoms with Gasteiger partial charge >= 0.3 is 37.7 Å². The summed E-state index contributed by atoms with van der Waals surface area (Å²) in [7, 11) is -8.00. The summed E-state index contributed by atoms with van der Waals surface area (Å²) in [5.74, 6) is -0.552. The molecule has 0 aliphatic rings. The van der Waals surface area contributed by atoms with Crippen molar-refractivity contribution in [2.75, 3.05) is 23.0 Å². The molecule has 0 saturated carbocycles. The Morgan fingerprint density at radius 2 is 1.00 bits per heavy atom. The van der Waals surface area contributed by atoms with Gasteiger partial charge in [-0.3, -0.25) is 0 Å². The van der Waals surface area contributed by atoms with E-state index in [2.05, 4.69) is 25.3 Å². The van der Waals surface area contributed by atoms with E-state index in [1.165, 1.54) is 0 Å². The fourth-order valence-corrected chi connectivity index (χ4v) is 2.01. The van der Waals surface area contributed by atoms with Gasteiger partial charge in [-0.1, -0.05) is 0 Å². The monoisotopic (exact) mass is 322 g/mol. The summed E-state index contributed by atoms with van der Waals surface area (Å²) in [6, 6.07) is 0.